The zero-order valence-corrected chi connectivity index (χ0v) is 11.8. The van der Waals surface area contributed by atoms with Crippen molar-refractivity contribution in [2.24, 2.45) is 0 Å². The van der Waals surface area contributed by atoms with Crippen molar-refractivity contribution in [1.82, 2.24) is 24.8 Å². The molecule has 0 aliphatic carbocycles. The zero-order chi connectivity index (χ0) is 15.6. The predicted octanol–water partition coefficient (Wildman–Crippen LogP) is 3.12. The first-order valence-electron chi connectivity index (χ1n) is 6.84. The number of fused-ring (bicyclic) bond motifs is 1. The van der Waals surface area contributed by atoms with Gasteiger partial charge in [-0.3, -0.25) is 0 Å². The van der Waals surface area contributed by atoms with Gasteiger partial charge in [-0.25, -0.2) is 18.9 Å². The Kier molecular flexibility index (Phi) is 3.16. The van der Waals surface area contributed by atoms with Gasteiger partial charge in [0.1, 0.15) is 11.6 Å². The Bertz CT molecular complexity index is 950. The van der Waals surface area contributed by atoms with Crippen LogP contribution in [0.25, 0.3) is 16.6 Å². The fourth-order valence-electron chi connectivity index (χ4n) is 2.13. The molecule has 0 radical (unpaired) electrons. The van der Waals surface area contributed by atoms with Crippen molar-refractivity contribution in [2.75, 3.05) is 0 Å². The van der Waals surface area contributed by atoms with Gasteiger partial charge in [-0.2, -0.15) is 0 Å². The van der Waals surface area contributed by atoms with Gasteiger partial charge in [-0.05, 0) is 42.0 Å². The third-order valence-corrected chi connectivity index (χ3v) is 3.29. The smallest absolute Gasteiger partial charge is 0.321 e. The predicted molar refractivity (Wildman–Crippen MR) is 80.5 cm³/mol. The maximum Gasteiger partial charge on any atom is 0.321 e. The lowest BCUT2D eigenvalue weighted by molar-refractivity contribution is 0.440. The van der Waals surface area contributed by atoms with Gasteiger partial charge in [0.05, 0.1) is 11.7 Å². The normalized spacial score (nSPS) is 10.8. The quantitative estimate of drug-likeness (QED) is 0.582. The second-order valence-corrected chi connectivity index (χ2v) is 4.83. The minimum absolute atomic E-state index is 0.201. The number of halogens is 1. The van der Waals surface area contributed by atoms with Gasteiger partial charge in [-0.1, -0.05) is 5.21 Å². The van der Waals surface area contributed by atoms with Gasteiger partial charge in [0, 0.05) is 24.2 Å². The number of benzene rings is 1. The number of pyridine rings is 1. The highest BCUT2D eigenvalue weighted by molar-refractivity contribution is 5.66. The Hall–Kier alpha value is -3.35. The Morgan fingerprint density at radius 3 is 2.48 bits per heavy atom. The molecule has 6 nitrogen and oxygen atoms in total. The minimum Gasteiger partial charge on any atom is -0.424 e. The number of hydrogen-bond donors (Lipinski definition) is 0. The molecule has 0 bridgehead atoms. The van der Waals surface area contributed by atoms with Crippen molar-refractivity contribution in [2.45, 2.75) is 0 Å². The lowest BCUT2D eigenvalue weighted by atomic mass is 10.1. The fraction of sp³-hybridized carbons (Fsp3) is 0. The lowest BCUT2D eigenvalue weighted by Crippen LogP contribution is -1.93. The molecule has 0 amide bonds. The van der Waals surface area contributed by atoms with Crippen LogP contribution in [0.5, 0.6) is 11.8 Å². The molecule has 0 aliphatic rings. The van der Waals surface area contributed by atoms with Gasteiger partial charge in [0.15, 0.2) is 0 Å². The van der Waals surface area contributed by atoms with E-state index in [1.807, 2.05) is 18.3 Å². The van der Waals surface area contributed by atoms with E-state index < -0.39 is 0 Å². The van der Waals surface area contributed by atoms with E-state index in [2.05, 4.69) is 20.3 Å². The Labute approximate surface area is 130 Å². The van der Waals surface area contributed by atoms with Crippen LogP contribution in [-0.2, 0) is 0 Å². The van der Waals surface area contributed by atoms with Crippen LogP contribution in [0.15, 0.2) is 61.2 Å². The molecule has 0 N–H and O–H groups in total. The molecule has 4 aromatic rings. The molecule has 23 heavy (non-hydrogen) atoms. The van der Waals surface area contributed by atoms with Crippen LogP contribution in [0.3, 0.4) is 0 Å². The number of ether oxygens (including phenoxy) is 1. The molecular formula is C16H10FN5O. The van der Waals surface area contributed by atoms with Crippen LogP contribution < -0.4 is 4.74 Å². The Balaban J connectivity index is 1.58. The number of rotatable bonds is 3. The Morgan fingerprint density at radius 1 is 0.913 bits per heavy atom. The van der Waals surface area contributed by atoms with Gasteiger partial charge < -0.3 is 4.74 Å². The molecule has 0 aliphatic heterocycles. The maximum absolute atomic E-state index is 12.9. The molecule has 3 aromatic heterocycles. The summed E-state index contributed by atoms with van der Waals surface area (Å²) in [5.74, 6) is 0.157. The number of hydrogen-bond acceptors (Lipinski definition) is 5. The highest BCUT2D eigenvalue weighted by atomic mass is 19.1. The molecule has 0 unspecified atom stereocenters. The molecule has 0 atom stereocenters. The summed E-state index contributed by atoms with van der Waals surface area (Å²) >= 11 is 0. The number of nitrogens with zero attached hydrogens (tertiary/aromatic N) is 5. The summed E-state index contributed by atoms with van der Waals surface area (Å²) < 4.78 is 20.0. The average molecular weight is 307 g/mol. The summed E-state index contributed by atoms with van der Waals surface area (Å²) in [6.45, 7) is 0. The van der Waals surface area contributed by atoms with Crippen LogP contribution in [0.2, 0.25) is 0 Å². The molecule has 7 heteroatoms. The SMILES string of the molecule is Fc1ccc(Oc2ncc(-c3ccn4nncc4c3)cn2)cc1. The fourth-order valence-corrected chi connectivity index (χ4v) is 2.13. The van der Waals surface area contributed by atoms with Gasteiger partial charge in [0.2, 0.25) is 0 Å². The van der Waals surface area contributed by atoms with Crippen LogP contribution in [0.4, 0.5) is 4.39 Å². The highest BCUT2D eigenvalue weighted by Crippen LogP contribution is 2.22. The molecule has 0 saturated carbocycles. The summed E-state index contributed by atoms with van der Waals surface area (Å²) in [5, 5.41) is 7.75. The first kappa shape index (κ1) is 13.3. The second kappa shape index (κ2) is 5.45. The lowest BCUT2D eigenvalue weighted by Gasteiger charge is -2.05. The van der Waals surface area contributed by atoms with E-state index in [0.29, 0.717) is 5.75 Å². The standard InChI is InChI=1S/C16H10FN5O/c17-13-1-3-15(4-2-13)23-16-18-8-12(9-19-16)11-5-6-22-14(7-11)10-20-21-22/h1-10H. The van der Waals surface area contributed by atoms with Crippen molar-refractivity contribution in [3.05, 3.63) is 67.0 Å². The van der Waals surface area contributed by atoms with Crippen molar-refractivity contribution < 1.29 is 9.13 Å². The third kappa shape index (κ3) is 2.71. The van der Waals surface area contributed by atoms with Crippen molar-refractivity contribution in [1.29, 1.82) is 0 Å². The molecule has 0 saturated heterocycles. The highest BCUT2D eigenvalue weighted by Gasteiger charge is 2.05. The van der Waals surface area contributed by atoms with E-state index in [1.165, 1.54) is 24.3 Å². The topological polar surface area (TPSA) is 65.2 Å². The summed E-state index contributed by atoms with van der Waals surface area (Å²) in [6.07, 6.45) is 6.83. The number of aromatic nitrogens is 5. The third-order valence-electron chi connectivity index (χ3n) is 3.29. The van der Waals surface area contributed by atoms with E-state index in [1.54, 1.807) is 23.1 Å². The van der Waals surface area contributed by atoms with Crippen LogP contribution in [-0.4, -0.2) is 24.8 Å². The van der Waals surface area contributed by atoms with Crippen LogP contribution >= 0.6 is 0 Å². The monoisotopic (exact) mass is 307 g/mol. The molecule has 112 valence electrons. The zero-order valence-electron chi connectivity index (χ0n) is 11.8. The van der Waals surface area contributed by atoms with Gasteiger partial charge >= 0.3 is 6.01 Å². The molecule has 1 aromatic carbocycles. The summed E-state index contributed by atoms with van der Waals surface area (Å²) in [4.78, 5) is 8.35. The Morgan fingerprint density at radius 2 is 1.70 bits per heavy atom. The maximum atomic E-state index is 12.9. The molecule has 0 spiro atoms. The van der Waals surface area contributed by atoms with E-state index in [-0.39, 0.29) is 11.8 Å². The second-order valence-electron chi connectivity index (χ2n) is 4.83. The summed E-state index contributed by atoms with van der Waals surface area (Å²) in [6, 6.07) is 9.73. The average Bonchev–Trinajstić information content (AvgIpc) is 3.05. The molecule has 0 fully saturated rings. The summed E-state index contributed by atoms with van der Waals surface area (Å²) in [7, 11) is 0. The van der Waals surface area contributed by atoms with Gasteiger partial charge in [0.25, 0.3) is 0 Å². The molecule has 3 heterocycles. The van der Waals surface area contributed by atoms with Crippen LogP contribution in [0.1, 0.15) is 0 Å². The van der Waals surface area contributed by atoms with Crippen molar-refractivity contribution in [3.63, 3.8) is 0 Å². The van der Waals surface area contributed by atoms with Gasteiger partial charge in [-0.15, -0.1) is 5.10 Å². The van der Waals surface area contributed by atoms with E-state index in [0.717, 1.165) is 16.6 Å². The van der Waals surface area contributed by atoms with E-state index >= 15 is 0 Å². The largest absolute Gasteiger partial charge is 0.424 e. The molecular weight excluding hydrogens is 297 g/mol. The minimum atomic E-state index is -0.321. The summed E-state index contributed by atoms with van der Waals surface area (Å²) in [5.41, 5.74) is 2.68. The van der Waals surface area contributed by atoms with Crippen molar-refractivity contribution in [3.8, 4) is 22.9 Å². The molecule has 4 rings (SSSR count). The van der Waals surface area contributed by atoms with Crippen molar-refractivity contribution >= 4 is 5.52 Å². The van der Waals surface area contributed by atoms with E-state index in [4.69, 9.17) is 4.74 Å². The van der Waals surface area contributed by atoms with E-state index in [9.17, 15) is 4.39 Å². The van der Waals surface area contributed by atoms with Crippen LogP contribution in [0, 0.1) is 5.82 Å². The first-order valence-corrected chi connectivity index (χ1v) is 6.84. The first-order chi connectivity index (χ1) is 11.3.